The van der Waals surface area contributed by atoms with Crippen LogP contribution in [0.1, 0.15) is 121 Å². The Kier molecular flexibility index (Phi) is 8.82. The number of benzene rings is 2. The molecule has 0 bridgehead atoms. The smallest absolute Gasteiger partial charge is 0.128 e. The topological polar surface area (TPSA) is 85.4 Å². The highest BCUT2D eigenvalue weighted by Crippen LogP contribution is 2.38. The average molecular weight is 521 g/mol. The summed E-state index contributed by atoms with van der Waals surface area (Å²) < 4.78 is 0. The Bertz CT molecular complexity index is 1190. The van der Waals surface area contributed by atoms with Gasteiger partial charge >= 0.3 is 0 Å². The average Bonchev–Trinajstić information content (AvgIpc) is 2.81. The molecule has 1 aliphatic rings. The maximum Gasteiger partial charge on any atom is 0.128 e. The molecule has 3 rings (SSSR count). The number of aliphatic imine (C=N–C) groups is 2. The lowest BCUT2D eigenvalue weighted by atomic mass is 9.79. The normalized spacial score (nSPS) is 19.5. The molecular weight excluding hydrogens is 472 g/mol. The summed E-state index contributed by atoms with van der Waals surface area (Å²) in [7, 11) is 0. The second kappa shape index (κ2) is 11.2. The van der Waals surface area contributed by atoms with Crippen LogP contribution in [0.3, 0.4) is 0 Å². The molecule has 0 heterocycles. The summed E-state index contributed by atoms with van der Waals surface area (Å²) in [6.07, 6.45) is 7.61. The quantitative estimate of drug-likeness (QED) is 0.361. The number of phenols is 2. The van der Waals surface area contributed by atoms with Gasteiger partial charge in [0, 0.05) is 34.7 Å². The number of aliphatic hydroxyl groups excluding tert-OH is 1. The van der Waals surface area contributed by atoms with Gasteiger partial charge in [-0.3, -0.25) is 9.98 Å². The van der Waals surface area contributed by atoms with E-state index in [9.17, 15) is 15.3 Å². The van der Waals surface area contributed by atoms with Gasteiger partial charge in [0.15, 0.2) is 0 Å². The molecule has 0 unspecified atom stereocenters. The summed E-state index contributed by atoms with van der Waals surface area (Å²) in [5.74, 6) is 0.512. The van der Waals surface area contributed by atoms with E-state index in [1.54, 1.807) is 12.3 Å². The van der Waals surface area contributed by atoms with Crippen LogP contribution in [0.5, 0.6) is 11.5 Å². The summed E-state index contributed by atoms with van der Waals surface area (Å²) in [5.41, 5.74) is 4.54. The number of aliphatic hydroxyl groups is 1. The highest BCUT2D eigenvalue weighted by molar-refractivity contribution is 5.86. The molecule has 2 atom stereocenters. The molecule has 208 valence electrons. The first-order valence-corrected chi connectivity index (χ1v) is 13.9. The lowest BCUT2D eigenvalue weighted by Crippen LogP contribution is -2.27. The van der Waals surface area contributed by atoms with Crippen LogP contribution in [0, 0.1) is 0 Å². The van der Waals surface area contributed by atoms with Gasteiger partial charge in [0.1, 0.15) is 11.5 Å². The lowest BCUT2D eigenvalue weighted by molar-refractivity contribution is 0.281. The molecule has 1 fully saturated rings. The maximum absolute atomic E-state index is 11.2. The maximum atomic E-state index is 11.2. The molecule has 1 aliphatic carbocycles. The molecule has 5 heteroatoms. The zero-order valence-electron chi connectivity index (χ0n) is 24.9. The van der Waals surface area contributed by atoms with Gasteiger partial charge < -0.3 is 15.3 Å². The predicted octanol–water partition coefficient (Wildman–Crippen LogP) is 7.33. The molecule has 0 saturated heterocycles. The Morgan fingerprint density at radius 3 is 1.55 bits per heavy atom. The van der Waals surface area contributed by atoms with Crippen molar-refractivity contribution in [3.8, 4) is 11.5 Å². The molecular formula is C33H48N2O3. The van der Waals surface area contributed by atoms with Crippen LogP contribution in [-0.4, -0.2) is 39.8 Å². The fourth-order valence-corrected chi connectivity index (χ4v) is 5.03. The van der Waals surface area contributed by atoms with E-state index in [2.05, 4.69) is 53.7 Å². The molecule has 0 aromatic heterocycles. The van der Waals surface area contributed by atoms with Gasteiger partial charge in [0.05, 0.1) is 18.7 Å². The van der Waals surface area contributed by atoms with Crippen LogP contribution in [0.4, 0.5) is 0 Å². The molecule has 0 aliphatic heterocycles. The van der Waals surface area contributed by atoms with Gasteiger partial charge in [-0.15, -0.1) is 0 Å². The molecule has 38 heavy (non-hydrogen) atoms. The van der Waals surface area contributed by atoms with E-state index in [4.69, 9.17) is 9.98 Å². The molecule has 1 saturated carbocycles. The fourth-order valence-electron chi connectivity index (χ4n) is 5.03. The van der Waals surface area contributed by atoms with E-state index in [-0.39, 0.29) is 40.7 Å². The number of hydrogen-bond acceptors (Lipinski definition) is 5. The minimum absolute atomic E-state index is 0.000957. The van der Waals surface area contributed by atoms with E-state index in [0.29, 0.717) is 11.3 Å². The summed E-state index contributed by atoms with van der Waals surface area (Å²) in [5, 5.41) is 31.9. The van der Waals surface area contributed by atoms with Crippen molar-refractivity contribution in [1.82, 2.24) is 0 Å². The Morgan fingerprint density at radius 2 is 1.13 bits per heavy atom. The first-order chi connectivity index (χ1) is 17.5. The van der Waals surface area contributed by atoms with Crippen LogP contribution < -0.4 is 0 Å². The number of nitrogens with zero attached hydrogens (tertiary/aromatic N) is 2. The largest absolute Gasteiger partial charge is 0.507 e. The Balaban J connectivity index is 1.96. The third-order valence-electron chi connectivity index (χ3n) is 7.51. The predicted molar refractivity (Wildman–Crippen MR) is 159 cm³/mol. The summed E-state index contributed by atoms with van der Waals surface area (Å²) in [4.78, 5) is 9.87. The zero-order chi connectivity index (χ0) is 28.5. The van der Waals surface area contributed by atoms with Crippen molar-refractivity contribution in [2.45, 2.75) is 123 Å². The van der Waals surface area contributed by atoms with Crippen molar-refractivity contribution in [2.75, 3.05) is 0 Å². The van der Waals surface area contributed by atoms with Crippen LogP contribution in [0.25, 0.3) is 0 Å². The number of phenolic OH excluding ortho intramolecular Hbond substituents is 2. The molecule has 0 radical (unpaired) electrons. The fraction of sp³-hybridized carbons (Fsp3) is 0.576. The number of hydrogen-bond donors (Lipinski definition) is 3. The van der Waals surface area contributed by atoms with Crippen LogP contribution >= 0.6 is 0 Å². The van der Waals surface area contributed by atoms with Crippen LogP contribution in [-0.2, 0) is 22.9 Å². The first-order valence-electron chi connectivity index (χ1n) is 13.9. The Morgan fingerprint density at radius 1 is 0.684 bits per heavy atom. The Hall–Kier alpha value is -2.66. The van der Waals surface area contributed by atoms with Gasteiger partial charge in [-0.25, -0.2) is 0 Å². The number of aromatic hydroxyl groups is 2. The summed E-state index contributed by atoms with van der Waals surface area (Å²) in [6.45, 7) is 19.0. The number of rotatable bonds is 5. The first kappa shape index (κ1) is 29.9. The van der Waals surface area contributed by atoms with Crippen LogP contribution in [0.2, 0.25) is 0 Å². The standard InChI is InChI=1S/C33H48N2O3/c1-31(2,3)24-16-23(30(38)26(17-24)33(7,8)9)19-35-28-13-11-10-12-27(28)34-18-22-14-21(20-36)15-25(29(22)37)32(4,5)6/h14-19,27-28,36-38H,10-13,20H2,1-9H3/t27-,28-/m1/s1. The third-order valence-corrected chi connectivity index (χ3v) is 7.51. The third kappa shape index (κ3) is 7.05. The Labute approximate surface area is 229 Å². The SMILES string of the molecule is CC(C)(C)c1cc(C=N[C@@H]2CCCC[C@H]2N=Cc2cc(CO)cc(C(C)(C)C)c2O)c(O)c(C(C)(C)C)c1. The zero-order valence-corrected chi connectivity index (χ0v) is 24.9. The van der Waals surface area contributed by atoms with Crippen LogP contribution in [0.15, 0.2) is 34.3 Å². The van der Waals surface area contributed by atoms with Crippen molar-refractivity contribution < 1.29 is 15.3 Å². The molecule has 2 aromatic carbocycles. The van der Waals surface area contributed by atoms with E-state index < -0.39 is 0 Å². The highest BCUT2D eigenvalue weighted by atomic mass is 16.3. The molecule has 0 amide bonds. The van der Waals surface area contributed by atoms with Crippen molar-refractivity contribution in [3.63, 3.8) is 0 Å². The minimum atomic E-state index is -0.259. The molecule has 2 aromatic rings. The van der Waals surface area contributed by atoms with Crippen molar-refractivity contribution >= 4 is 12.4 Å². The second-order valence-corrected chi connectivity index (χ2v) is 13.9. The van der Waals surface area contributed by atoms with Gasteiger partial charge in [0.25, 0.3) is 0 Å². The van der Waals surface area contributed by atoms with Crippen molar-refractivity contribution in [1.29, 1.82) is 0 Å². The minimum Gasteiger partial charge on any atom is -0.507 e. The van der Waals surface area contributed by atoms with Gasteiger partial charge in [-0.1, -0.05) is 81.2 Å². The van der Waals surface area contributed by atoms with Gasteiger partial charge in [0.2, 0.25) is 0 Å². The second-order valence-electron chi connectivity index (χ2n) is 13.9. The van der Waals surface area contributed by atoms with Gasteiger partial charge in [-0.05, 0) is 58.4 Å². The monoisotopic (exact) mass is 520 g/mol. The van der Waals surface area contributed by atoms with E-state index >= 15 is 0 Å². The van der Waals surface area contributed by atoms with Crippen molar-refractivity contribution in [3.05, 3.63) is 57.6 Å². The molecule has 5 nitrogen and oxygen atoms in total. The van der Waals surface area contributed by atoms with E-state index in [1.165, 1.54) is 5.56 Å². The summed E-state index contributed by atoms with van der Waals surface area (Å²) in [6, 6.07) is 7.84. The lowest BCUT2D eigenvalue weighted by Gasteiger charge is -2.28. The van der Waals surface area contributed by atoms with Gasteiger partial charge in [-0.2, -0.15) is 0 Å². The van der Waals surface area contributed by atoms with E-state index in [1.807, 2.05) is 33.1 Å². The molecule has 3 N–H and O–H groups in total. The highest BCUT2D eigenvalue weighted by Gasteiger charge is 2.27. The van der Waals surface area contributed by atoms with Crippen molar-refractivity contribution in [2.24, 2.45) is 9.98 Å². The molecule has 0 spiro atoms. The summed E-state index contributed by atoms with van der Waals surface area (Å²) >= 11 is 0. The van der Waals surface area contributed by atoms with E-state index in [0.717, 1.165) is 47.9 Å².